The lowest BCUT2D eigenvalue weighted by Crippen LogP contribution is -2.31. The molecule has 0 aromatic rings. The van der Waals surface area contributed by atoms with Crippen molar-refractivity contribution < 1.29 is 13.0 Å². The van der Waals surface area contributed by atoms with Crippen LogP contribution >= 0.6 is 0 Å². The predicted octanol–water partition coefficient (Wildman–Crippen LogP) is 1.06. The van der Waals surface area contributed by atoms with Gasteiger partial charge in [-0.25, -0.2) is 4.79 Å². The van der Waals surface area contributed by atoms with Crippen LogP contribution in [0.2, 0.25) is 12.6 Å². The first-order chi connectivity index (χ1) is 4.92. The summed E-state index contributed by atoms with van der Waals surface area (Å²) in [5, 5.41) is 2.25. The first kappa shape index (κ1) is 10.3. The van der Waals surface area contributed by atoms with Gasteiger partial charge in [0.25, 0.3) is 0 Å². The summed E-state index contributed by atoms with van der Waals surface area (Å²) in [7, 11) is -3.92. The molecule has 0 aliphatic rings. The van der Waals surface area contributed by atoms with Crippen molar-refractivity contribution in [3.63, 3.8) is 0 Å². The highest BCUT2D eigenvalue weighted by atomic mass is 28.4. The molecule has 0 heterocycles. The average molecular weight is 182 g/mol. The molecule has 11 heavy (non-hydrogen) atoms. The summed E-state index contributed by atoms with van der Waals surface area (Å²) in [4.78, 5) is 10.1. The molecule has 0 rings (SSSR count). The molecular formula is C5H12F2N2OSi. The van der Waals surface area contributed by atoms with Gasteiger partial charge in [0.15, 0.2) is 0 Å². The molecule has 0 atom stereocenters. The van der Waals surface area contributed by atoms with E-state index in [1.165, 1.54) is 0 Å². The van der Waals surface area contributed by atoms with Crippen LogP contribution in [0.3, 0.4) is 0 Å². The number of nitrogens with two attached hydrogens (primary N) is 1. The molecule has 0 fully saturated rings. The number of hydrogen-bond donors (Lipinski definition) is 2. The fourth-order valence-corrected chi connectivity index (χ4v) is 1.41. The molecule has 66 valence electrons. The molecule has 0 aliphatic carbocycles. The van der Waals surface area contributed by atoms with E-state index in [9.17, 15) is 13.0 Å². The Morgan fingerprint density at radius 1 is 1.64 bits per heavy atom. The molecule has 0 saturated carbocycles. The van der Waals surface area contributed by atoms with E-state index in [1.54, 1.807) is 0 Å². The van der Waals surface area contributed by atoms with Crippen molar-refractivity contribution in [1.29, 1.82) is 0 Å². The number of amides is 2. The van der Waals surface area contributed by atoms with Crippen molar-refractivity contribution in [1.82, 2.24) is 5.32 Å². The van der Waals surface area contributed by atoms with Crippen molar-refractivity contribution in [3.8, 4) is 0 Å². The quantitative estimate of drug-likeness (QED) is 0.381. The largest absolute Gasteiger partial charge is 0.422 e. The van der Waals surface area contributed by atoms with Gasteiger partial charge in [0.05, 0.1) is 0 Å². The van der Waals surface area contributed by atoms with Crippen LogP contribution in [0, 0.1) is 0 Å². The number of hydrogen-bond acceptors (Lipinski definition) is 1. The second-order valence-corrected chi connectivity index (χ2v) is 5.11. The van der Waals surface area contributed by atoms with E-state index < -0.39 is 14.8 Å². The molecule has 2 amide bonds. The number of nitrogens with one attached hydrogen (secondary N) is 1. The number of carbonyl (C=O) groups excluding carboxylic acids is 1. The van der Waals surface area contributed by atoms with Crippen molar-refractivity contribution in [2.75, 3.05) is 6.54 Å². The van der Waals surface area contributed by atoms with E-state index in [2.05, 4.69) is 5.32 Å². The normalized spacial score (nSPS) is 11.2. The second-order valence-electron chi connectivity index (χ2n) is 2.46. The number of primary amides is 1. The standard InChI is InChI=1S/C5H12F2N2OSi/c1-11(6,7)4-2-3-9-5(8)10/h2-4H2,1H3,(H3,8,9,10). The maximum absolute atomic E-state index is 12.2. The molecular weight excluding hydrogens is 170 g/mol. The van der Waals surface area contributed by atoms with Crippen LogP contribution in [0.4, 0.5) is 13.0 Å². The van der Waals surface area contributed by atoms with Crippen LogP contribution in [0.1, 0.15) is 6.42 Å². The molecule has 3 nitrogen and oxygen atoms in total. The van der Waals surface area contributed by atoms with Crippen molar-refractivity contribution in [2.45, 2.75) is 19.0 Å². The molecule has 0 aromatic carbocycles. The smallest absolute Gasteiger partial charge is 0.352 e. The summed E-state index contributed by atoms with van der Waals surface area (Å²) >= 11 is 0. The summed E-state index contributed by atoms with van der Waals surface area (Å²) in [5.74, 6) is 0. The van der Waals surface area contributed by atoms with Gasteiger partial charge in [0.1, 0.15) is 0 Å². The maximum atomic E-state index is 12.2. The Morgan fingerprint density at radius 3 is 2.55 bits per heavy atom. The summed E-state index contributed by atoms with van der Waals surface area (Å²) in [6, 6.07) is -0.751. The van der Waals surface area contributed by atoms with Gasteiger partial charge >= 0.3 is 14.8 Å². The molecule has 0 unspecified atom stereocenters. The molecule has 0 aliphatic heterocycles. The Balaban J connectivity index is 3.22. The van der Waals surface area contributed by atoms with Crippen LogP contribution in [0.5, 0.6) is 0 Å². The van der Waals surface area contributed by atoms with E-state index in [0.717, 1.165) is 6.55 Å². The minimum absolute atomic E-state index is 0.0900. The SMILES string of the molecule is C[Si](F)(F)CCCNC(N)=O. The molecule has 0 radical (unpaired) electrons. The van der Waals surface area contributed by atoms with Crippen LogP contribution in [0.15, 0.2) is 0 Å². The topological polar surface area (TPSA) is 55.1 Å². The zero-order valence-electron chi connectivity index (χ0n) is 6.36. The van der Waals surface area contributed by atoms with Gasteiger partial charge in [0, 0.05) is 12.6 Å². The van der Waals surface area contributed by atoms with E-state index in [-0.39, 0.29) is 12.6 Å². The Labute approximate surface area is 65.3 Å². The fourth-order valence-electron chi connectivity index (χ4n) is 0.610. The molecule has 3 N–H and O–H groups in total. The van der Waals surface area contributed by atoms with Gasteiger partial charge in [-0.05, 0) is 13.0 Å². The maximum Gasteiger partial charge on any atom is 0.422 e. The van der Waals surface area contributed by atoms with Crippen LogP contribution in [0.25, 0.3) is 0 Å². The Hall–Kier alpha value is -0.653. The first-order valence-electron chi connectivity index (χ1n) is 3.33. The van der Waals surface area contributed by atoms with Gasteiger partial charge in [0.2, 0.25) is 0 Å². The van der Waals surface area contributed by atoms with Crippen LogP contribution in [-0.4, -0.2) is 21.3 Å². The van der Waals surface area contributed by atoms with Gasteiger partial charge in [-0.15, -0.1) is 0 Å². The summed E-state index contributed by atoms with van der Waals surface area (Å²) < 4.78 is 24.5. The highest BCUT2D eigenvalue weighted by Crippen LogP contribution is 2.13. The minimum atomic E-state index is -3.92. The monoisotopic (exact) mass is 182 g/mol. The van der Waals surface area contributed by atoms with Gasteiger partial charge < -0.3 is 11.1 Å². The first-order valence-corrected chi connectivity index (χ1v) is 5.79. The third-order valence-electron chi connectivity index (χ3n) is 1.09. The number of carbonyl (C=O) groups is 1. The minimum Gasteiger partial charge on any atom is -0.352 e. The van der Waals surface area contributed by atoms with Crippen molar-refractivity contribution in [3.05, 3.63) is 0 Å². The Bertz CT molecular complexity index is 137. The predicted molar refractivity (Wildman–Crippen MR) is 40.8 cm³/mol. The van der Waals surface area contributed by atoms with Crippen LogP contribution < -0.4 is 11.1 Å². The van der Waals surface area contributed by atoms with E-state index >= 15 is 0 Å². The molecule has 0 aromatic heterocycles. The number of rotatable bonds is 4. The second kappa shape index (κ2) is 4.27. The third kappa shape index (κ3) is 9.35. The Morgan fingerprint density at radius 2 is 2.18 bits per heavy atom. The lowest BCUT2D eigenvalue weighted by molar-refractivity contribution is 0.249. The van der Waals surface area contributed by atoms with Gasteiger partial charge in [-0.2, -0.15) is 0 Å². The lowest BCUT2D eigenvalue weighted by atomic mass is 10.5. The highest BCUT2D eigenvalue weighted by molar-refractivity contribution is 6.64. The third-order valence-corrected chi connectivity index (χ3v) is 2.32. The van der Waals surface area contributed by atoms with E-state index in [1.807, 2.05) is 0 Å². The number of halogens is 2. The molecule has 0 saturated heterocycles. The van der Waals surface area contributed by atoms with Crippen molar-refractivity contribution >= 4 is 14.8 Å². The summed E-state index contributed by atoms with van der Waals surface area (Å²) in [6.45, 7) is 1.23. The zero-order valence-corrected chi connectivity index (χ0v) is 7.36. The van der Waals surface area contributed by atoms with E-state index in [0.29, 0.717) is 6.42 Å². The molecule has 0 bridgehead atoms. The lowest BCUT2D eigenvalue weighted by Gasteiger charge is -2.05. The molecule has 0 spiro atoms. The van der Waals surface area contributed by atoms with Gasteiger partial charge in [-0.1, -0.05) is 0 Å². The van der Waals surface area contributed by atoms with Crippen molar-refractivity contribution in [2.24, 2.45) is 5.73 Å². The van der Waals surface area contributed by atoms with Gasteiger partial charge in [-0.3, -0.25) is 8.22 Å². The average Bonchev–Trinajstić information content (AvgIpc) is 1.78. The molecule has 6 heteroatoms. The van der Waals surface area contributed by atoms with Crippen LogP contribution in [-0.2, 0) is 0 Å². The van der Waals surface area contributed by atoms with E-state index in [4.69, 9.17) is 5.73 Å². The Kier molecular flexibility index (Phi) is 4.02. The summed E-state index contributed by atoms with van der Waals surface area (Å²) in [6.07, 6.45) is 0.304. The summed E-state index contributed by atoms with van der Waals surface area (Å²) in [5.41, 5.74) is 4.72. The zero-order chi connectivity index (χ0) is 8.91. The fraction of sp³-hybridized carbons (Fsp3) is 0.800. The highest BCUT2D eigenvalue weighted by Gasteiger charge is 2.26. The number of urea groups is 1.